The number of benzene rings is 4. The highest BCUT2D eigenvalue weighted by Gasteiger charge is 2.30. The number of halogens is 3. The van der Waals surface area contributed by atoms with E-state index in [1.165, 1.54) is 18.2 Å². The maximum absolute atomic E-state index is 13.3. The molecule has 0 aliphatic heterocycles. The van der Waals surface area contributed by atoms with E-state index in [1.807, 2.05) is 6.07 Å². The van der Waals surface area contributed by atoms with E-state index in [9.17, 15) is 27.9 Å². The van der Waals surface area contributed by atoms with Gasteiger partial charge in [0.2, 0.25) is 0 Å². The summed E-state index contributed by atoms with van der Waals surface area (Å²) in [6.07, 6.45) is -4.48. The molecule has 0 aliphatic rings. The molecule has 0 heterocycles. The van der Waals surface area contributed by atoms with Crippen molar-refractivity contribution in [3.63, 3.8) is 0 Å². The summed E-state index contributed by atoms with van der Waals surface area (Å²) in [7, 11) is 0. The molecule has 8 nitrogen and oxygen atoms in total. The Balaban J connectivity index is 1.57. The van der Waals surface area contributed by atoms with E-state index in [0.717, 1.165) is 17.5 Å². The fourth-order valence-electron chi connectivity index (χ4n) is 4.05. The summed E-state index contributed by atoms with van der Waals surface area (Å²) in [6.45, 7) is -0.114. The zero-order valence-corrected chi connectivity index (χ0v) is 21.0. The molecule has 4 aromatic rings. The van der Waals surface area contributed by atoms with Crippen LogP contribution in [0.3, 0.4) is 0 Å². The third-order valence-corrected chi connectivity index (χ3v) is 6.03. The van der Waals surface area contributed by atoms with Gasteiger partial charge in [-0.2, -0.15) is 13.2 Å². The van der Waals surface area contributed by atoms with E-state index in [4.69, 9.17) is 16.2 Å². The molecule has 0 fully saturated rings. The van der Waals surface area contributed by atoms with Crippen LogP contribution in [0.4, 0.5) is 18.9 Å². The van der Waals surface area contributed by atoms with Crippen LogP contribution in [0.25, 0.3) is 10.8 Å². The van der Waals surface area contributed by atoms with Gasteiger partial charge in [0, 0.05) is 11.8 Å². The number of nitrogens with zero attached hydrogens (tertiary/aromatic N) is 1. The van der Waals surface area contributed by atoms with Gasteiger partial charge in [0.25, 0.3) is 5.91 Å². The van der Waals surface area contributed by atoms with E-state index >= 15 is 0 Å². The van der Waals surface area contributed by atoms with E-state index in [1.54, 1.807) is 48.5 Å². The second kappa shape index (κ2) is 11.8. The minimum absolute atomic E-state index is 0.0154. The molecule has 4 rings (SSSR count). The van der Waals surface area contributed by atoms with E-state index in [2.05, 4.69) is 10.3 Å². The van der Waals surface area contributed by atoms with Crippen LogP contribution in [0.15, 0.2) is 89.9 Å². The molecule has 1 amide bonds. The van der Waals surface area contributed by atoms with Gasteiger partial charge >= 0.3 is 12.1 Å². The zero-order chi connectivity index (χ0) is 28.9. The largest absolute Gasteiger partial charge is 0.487 e. The third-order valence-electron chi connectivity index (χ3n) is 6.03. The molecule has 4 aromatic carbocycles. The van der Waals surface area contributed by atoms with E-state index in [-0.39, 0.29) is 30.3 Å². The lowest BCUT2D eigenvalue weighted by Gasteiger charge is -2.18. The first kappa shape index (κ1) is 28.0. The molecule has 0 spiro atoms. The zero-order valence-electron chi connectivity index (χ0n) is 21.0. The molecule has 0 aliphatic carbocycles. The maximum atomic E-state index is 13.3. The first-order chi connectivity index (χ1) is 19.0. The number of fused-ring (bicyclic) bond motifs is 1. The normalized spacial score (nSPS) is 12.0. The molecule has 0 bridgehead atoms. The van der Waals surface area contributed by atoms with Crippen molar-refractivity contribution in [1.82, 2.24) is 5.32 Å². The minimum Gasteiger partial charge on any atom is -0.487 e. The van der Waals surface area contributed by atoms with Crippen LogP contribution in [0, 0.1) is 0 Å². The number of hydrogen-bond donors (Lipinski definition) is 4. The topological polar surface area (TPSA) is 140 Å². The van der Waals surface area contributed by atoms with Crippen LogP contribution in [-0.2, 0) is 24.0 Å². The molecule has 6 N–H and O–H groups in total. The molecule has 0 saturated heterocycles. The number of carboxylic acids is 1. The van der Waals surface area contributed by atoms with Gasteiger partial charge in [-0.1, -0.05) is 54.6 Å². The van der Waals surface area contributed by atoms with Crippen molar-refractivity contribution in [2.24, 2.45) is 16.5 Å². The van der Waals surface area contributed by atoms with Crippen LogP contribution < -0.4 is 21.5 Å². The van der Waals surface area contributed by atoms with Crippen molar-refractivity contribution in [1.29, 1.82) is 0 Å². The number of nitrogens with two attached hydrogens (primary N) is 2. The van der Waals surface area contributed by atoms with Gasteiger partial charge in [0.15, 0.2) is 5.96 Å². The van der Waals surface area contributed by atoms with Gasteiger partial charge in [0.05, 0.1) is 16.8 Å². The third kappa shape index (κ3) is 6.87. The SMILES string of the molecule is NC(N)=Nc1ccc(C[C@@H](NC(=O)c2ccc3ccccc3c2OCc2ccc(C(F)(F)F)cc2)C(=O)O)cc1. The van der Waals surface area contributed by atoms with E-state index in [0.29, 0.717) is 22.2 Å². The second-order valence-corrected chi connectivity index (χ2v) is 8.92. The number of carbonyl (C=O) groups excluding carboxylic acids is 1. The highest BCUT2D eigenvalue weighted by atomic mass is 19.4. The van der Waals surface area contributed by atoms with Crippen LogP contribution in [-0.4, -0.2) is 29.0 Å². The van der Waals surface area contributed by atoms with Crippen LogP contribution in [0.1, 0.15) is 27.0 Å². The lowest BCUT2D eigenvalue weighted by Crippen LogP contribution is -2.42. The lowest BCUT2D eigenvalue weighted by molar-refractivity contribution is -0.139. The Hall–Kier alpha value is -5.06. The van der Waals surface area contributed by atoms with Gasteiger partial charge in [-0.3, -0.25) is 4.79 Å². The van der Waals surface area contributed by atoms with E-state index < -0.39 is 29.7 Å². The number of guanidine groups is 1. The van der Waals surface area contributed by atoms with Gasteiger partial charge in [-0.15, -0.1) is 0 Å². The number of carbonyl (C=O) groups is 2. The summed E-state index contributed by atoms with van der Waals surface area (Å²) in [6, 6.07) is 20.1. The van der Waals surface area contributed by atoms with Crippen LogP contribution >= 0.6 is 0 Å². The second-order valence-electron chi connectivity index (χ2n) is 8.92. The molecular formula is C29H25F3N4O4. The number of carboxylic acid groups (broad SMARTS) is 1. The Morgan fingerprint density at radius 1 is 0.900 bits per heavy atom. The predicted octanol–water partition coefficient (Wildman–Crippen LogP) is 4.77. The molecule has 11 heteroatoms. The molecule has 40 heavy (non-hydrogen) atoms. The summed E-state index contributed by atoms with van der Waals surface area (Å²) in [5.41, 5.74) is 11.6. The van der Waals surface area contributed by atoms with Gasteiger partial charge < -0.3 is 26.6 Å². The van der Waals surface area contributed by atoms with Crippen molar-refractivity contribution < 1.29 is 32.6 Å². The number of rotatable bonds is 9. The predicted molar refractivity (Wildman–Crippen MR) is 144 cm³/mol. The first-order valence-corrected chi connectivity index (χ1v) is 12.0. The molecule has 0 aromatic heterocycles. The average molecular weight is 551 g/mol. The highest BCUT2D eigenvalue weighted by Crippen LogP contribution is 2.32. The number of hydrogen-bond acceptors (Lipinski definition) is 4. The summed E-state index contributed by atoms with van der Waals surface area (Å²) < 4.78 is 44.7. The Bertz CT molecular complexity index is 1550. The molecule has 0 unspecified atom stereocenters. The Kier molecular flexibility index (Phi) is 8.23. The summed E-state index contributed by atoms with van der Waals surface area (Å²) in [5.74, 6) is -1.86. The van der Waals surface area contributed by atoms with Gasteiger partial charge in [-0.25, -0.2) is 9.79 Å². The summed E-state index contributed by atoms with van der Waals surface area (Å²) in [5, 5.41) is 13.7. The fraction of sp³-hybridized carbons (Fsp3) is 0.138. The molecule has 0 radical (unpaired) electrons. The van der Waals surface area contributed by atoms with Crippen molar-refractivity contribution in [3.8, 4) is 5.75 Å². The number of alkyl halides is 3. The van der Waals surface area contributed by atoms with Crippen LogP contribution in [0.2, 0.25) is 0 Å². The van der Waals surface area contributed by atoms with Gasteiger partial charge in [0.1, 0.15) is 18.4 Å². The molecule has 206 valence electrons. The average Bonchev–Trinajstić information content (AvgIpc) is 2.91. The Labute approximate surface area is 227 Å². The van der Waals surface area contributed by atoms with Crippen molar-refractivity contribution in [2.75, 3.05) is 0 Å². The first-order valence-electron chi connectivity index (χ1n) is 12.0. The van der Waals surface area contributed by atoms with Crippen LogP contribution in [0.5, 0.6) is 5.75 Å². The summed E-state index contributed by atoms with van der Waals surface area (Å²) in [4.78, 5) is 29.3. The number of aliphatic imine (C=N–C) groups is 1. The molecule has 1 atom stereocenters. The van der Waals surface area contributed by atoms with Crippen molar-refractivity contribution in [3.05, 3.63) is 107 Å². The number of amides is 1. The van der Waals surface area contributed by atoms with Crippen molar-refractivity contribution >= 4 is 34.3 Å². The number of ether oxygens (including phenoxy) is 1. The highest BCUT2D eigenvalue weighted by molar-refractivity contribution is 6.04. The Morgan fingerprint density at radius 2 is 1.55 bits per heavy atom. The Morgan fingerprint density at radius 3 is 2.17 bits per heavy atom. The van der Waals surface area contributed by atoms with Crippen molar-refractivity contribution in [2.45, 2.75) is 25.2 Å². The smallest absolute Gasteiger partial charge is 0.416 e. The maximum Gasteiger partial charge on any atom is 0.416 e. The monoisotopic (exact) mass is 550 g/mol. The molecular weight excluding hydrogens is 525 g/mol. The minimum atomic E-state index is -4.46. The standard InChI is InChI=1S/C29H25F3N4O4/c30-29(31,32)20-10-5-18(6-11-20)16-40-25-22-4-2-1-3-19(22)9-14-23(25)26(37)36-24(27(38)39)15-17-7-12-21(13-8-17)35-28(33)34/h1-14,24H,15-16H2,(H,36,37)(H,38,39)(H4,33,34,35)/t24-/m1/s1. The fourth-order valence-corrected chi connectivity index (χ4v) is 4.05. The number of nitrogens with one attached hydrogen (secondary N) is 1. The lowest BCUT2D eigenvalue weighted by atomic mass is 10.0. The van der Waals surface area contributed by atoms with Gasteiger partial charge in [-0.05, 0) is 46.8 Å². The molecule has 0 saturated carbocycles. The summed E-state index contributed by atoms with van der Waals surface area (Å²) >= 11 is 0. The quantitative estimate of drug-likeness (QED) is 0.175. The number of aliphatic carboxylic acids is 1.